The van der Waals surface area contributed by atoms with Crippen molar-refractivity contribution in [2.75, 3.05) is 13.9 Å². The Labute approximate surface area is 376 Å². The highest BCUT2D eigenvalue weighted by Gasteiger charge is 2.51. The van der Waals surface area contributed by atoms with Crippen molar-refractivity contribution in [3.63, 3.8) is 0 Å². The van der Waals surface area contributed by atoms with E-state index in [9.17, 15) is 4.79 Å². The van der Waals surface area contributed by atoms with Gasteiger partial charge in [0, 0.05) is 38.4 Å². The second-order valence-electron chi connectivity index (χ2n) is 18.7. The summed E-state index contributed by atoms with van der Waals surface area (Å²) in [6.07, 6.45) is 21.8. The number of cyclic esters (lactones) is 1. The third-order valence-electron chi connectivity index (χ3n) is 12.7. The summed E-state index contributed by atoms with van der Waals surface area (Å²) in [5.41, 5.74) is 0.707. The topological polar surface area (TPSA) is 72.5 Å². The summed E-state index contributed by atoms with van der Waals surface area (Å²) in [5, 5.41) is 2.28. The molecule has 8 heteroatoms. The number of benzene rings is 2. The molecule has 2 saturated heterocycles. The van der Waals surface area contributed by atoms with Crippen LogP contribution in [0.1, 0.15) is 144 Å². The molecule has 5 rings (SSSR count). The summed E-state index contributed by atoms with van der Waals surface area (Å²) < 4.78 is 37.7. The van der Waals surface area contributed by atoms with E-state index in [1.54, 1.807) is 7.11 Å². The monoisotopic (exact) mass is 865 g/mol. The van der Waals surface area contributed by atoms with E-state index >= 15 is 0 Å². The van der Waals surface area contributed by atoms with Crippen molar-refractivity contribution in [2.24, 2.45) is 5.92 Å². The quantitative estimate of drug-likeness (QED) is 0.0362. The molecule has 3 aliphatic heterocycles. The van der Waals surface area contributed by atoms with Gasteiger partial charge in [0.05, 0.1) is 36.6 Å². The summed E-state index contributed by atoms with van der Waals surface area (Å²) in [6, 6.07) is 21.4. The lowest BCUT2D eigenvalue weighted by molar-refractivity contribution is -0.139. The number of allylic oxidation sites excluding steroid dienone is 2. The number of esters is 1. The first-order chi connectivity index (χ1) is 30.1. The van der Waals surface area contributed by atoms with E-state index in [1.165, 1.54) is 42.5 Å². The van der Waals surface area contributed by atoms with Crippen LogP contribution in [0.25, 0.3) is 0 Å². The van der Waals surface area contributed by atoms with E-state index in [0.29, 0.717) is 24.3 Å². The molecular formula is C54H76O7Si. The van der Waals surface area contributed by atoms with Crippen molar-refractivity contribution in [2.45, 2.75) is 192 Å². The van der Waals surface area contributed by atoms with Gasteiger partial charge in [-0.15, -0.1) is 11.8 Å². The van der Waals surface area contributed by atoms with Gasteiger partial charge in [0.2, 0.25) is 0 Å². The summed E-state index contributed by atoms with van der Waals surface area (Å²) in [6.45, 7) is 13.5. The van der Waals surface area contributed by atoms with Crippen LogP contribution in [0, 0.1) is 29.6 Å². The number of methoxy groups -OCH3 is 1. The molecule has 0 N–H and O–H groups in total. The van der Waals surface area contributed by atoms with Crippen LogP contribution in [0.3, 0.4) is 0 Å². The molecule has 3 heterocycles. The predicted octanol–water partition coefficient (Wildman–Crippen LogP) is 10.8. The summed E-state index contributed by atoms with van der Waals surface area (Å²) in [7, 11) is -1.19. The van der Waals surface area contributed by atoms with E-state index in [2.05, 4.69) is 125 Å². The second-order valence-corrected chi connectivity index (χ2v) is 22.9. The fourth-order valence-corrected chi connectivity index (χ4v) is 14.1. The van der Waals surface area contributed by atoms with Crippen molar-refractivity contribution in [1.29, 1.82) is 0 Å². The minimum Gasteiger partial charge on any atom is -0.455 e. The Kier molecular flexibility index (Phi) is 20.6. The zero-order valence-electron chi connectivity index (χ0n) is 39.0. The number of rotatable bonds is 23. The zero-order chi connectivity index (χ0) is 44.2. The average molecular weight is 865 g/mol. The molecule has 2 fully saturated rings. The lowest BCUT2D eigenvalue weighted by Gasteiger charge is -2.45. The molecule has 3 aliphatic rings. The van der Waals surface area contributed by atoms with Crippen molar-refractivity contribution in [1.82, 2.24) is 0 Å². The largest absolute Gasteiger partial charge is 0.455 e. The van der Waals surface area contributed by atoms with Gasteiger partial charge in [0.25, 0.3) is 8.32 Å². The van der Waals surface area contributed by atoms with Gasteiger partial charge in [-0.2, -0.15) is 0 Å². The van der Waals surface area contributed by atoms with Crippen LogP contribution in [0.4, 0.5) is 0 Å². The number of ether oxygens (including phenoxy) is 5. The highest BCUT2D eigenvalue weighted by Crippen LogP contribution is 2.40. The molecule has 62 heavy (non-hydrogen) atoms. The summed E-state index contributed by atoms with van der Waals surface area (Å²) >= 11 is 0. The van der Waals surface area contributed by atoms with Crippen molar-refractivity contribution >= 4 is 24.7 Å². The molecule has 2 aromatic rings. The molecule has 0 radical (unpaired) electrons. The normalized spacial score (nSPS) is 23.0. The maximum atomic E-state index is 12.9. The minimum atomic E-state index is -2.83. The first-order valence-corrected chi connectivity index (χ1v) is 25.7. The Balaban J connectivity index is 1.14. The molecule has 0 aliphatic carbocycles. The first-order valence-electron chi connectivity index (χ1n) is 23.8. The molecule has 0 spiro atoms. The Morgan fingerprint density at radius 2 is 1.50 bits per heavy atom. The highest BCUT2D eigenvalue weighted by molar-refractivity contribution is 6.99. The number of hydrogen-bond acceptors (Lipinski definition) is 7. The molecule has 0 bridgehead atoms. The fraction of sp³-hybridized carbons (Fsp3) is 0.611. The highest BCUT2D eigenvalue weighted by atomic mass is 28.4. The van der Waals surface area contributed by atoms with Gasteiger partial charge in [0.15, 0.2) is 0 Å². The van der Waals surface area contributed by atoms with Crippen LogP contribution < -0.4 is 10.4 Å². The smallest absolute Gasteiger partial charge is 0.334 e. The van der Waals surface area contributed by atoms with E-state index in [0.717, 1.165) is 57.8 Å². The summed E-state index contributed by atoms with van der Waals surface area (Å²) in [4.78, 5) is 12.9. The fourth-order valence-electron chi connectivity index (χ4n) is 9.34. The lowest BCUT2D eigenvalue weighted by Crippen LogP contribution is -2.67. The van der Waals surface area contributed by atoms with Gasteiger partial charge < -0.3 is 28.1 Å². The number of hydrogen-bond donors (Lipinski definition) is 0. The SMILES string of the molecule is CCCCCCCC#CC[C@@H](C)[C@H]1CC[C@H]([C@H]2CC[C@H]([C@@H](CC#C/C=C/CCC[C@H](CC3=C[C@H](C)OC3=O)O[Si](c3ccccc3)(c3ccccc3)C(C)(C)C)OCOC)O2)O1. The van der Waals surface area contributed by atoms with Gasteiger partial charge in [-0.3, -0.25) is 0 Å². The lowest BCUT2D eigenvalue weighted by atomic mass is 9.98. The maximum Gasteiger partial charge on any atom is 0.334 e. The van der Waals surface area contributed by atoms with Gasteiger partial charge in [-0.1, -0.05) is 139 Å². The number of unbranched alkanes of at least 4 members (excludes halogenated alkanes) is 6. The molecule has 2 aromatic carbocycles. The average Bonchev–Trinajstić information content (AvgIpc) is 4.03. The Hall–Kier alpha value is -3.47. The summed E-state index contributed by atoms with van der Waals surface area (Å²) in [5.74, 6) is 13.6. The second kappa shape index (κ2) is 25.7. The van der Waals surface area contributed by atoms with Gasteiger partial charge in [0.1, 0.15) is 12.9 Å². The van der Waals surface area contributed by atoms with Gasteiger partial charge >= 0.3 is 5.97 Å². The predicted molar refractivity (Wildman–Crippen MR) is 254 cm³/mol. The minimum absolute atomic E-state index is 0.0422. The van der Waals surface area contributed by atoms with Crippen LogP contribution in [0.15, 0.2) is 84.5 Å². The van der Waals surface area contributed by atoms with Crippen LogP contribution >= 0.6 is 0 Å². The maximum absolute atomic E-state index is 12.9. The molecule has 8 atom stereocenters. The molecule has 338 valence electrons. The van der Waals surface area contributed by atoms with Crippen molar-refractivity contribution < 1.29 is 32.9 Å². The van der Waals surface area contributed by atoms with E-state index < -0.39 is 8.32 Å². The third kappa shape index (κ3) is 14.5. The number of carbonyl (C=O) groups excluding carboxylic acids is 1. The number of carbonyl (C=O) groups is 1. The van der Waals surface area contributed by atoms with E-state index in [-0.39, 0.29) is 60.5 Å². The van der Waals surface area contributed by atoms with Crippen molar-refractivity contribution in [3.05, 3.63) is 84.5 Å². The van der Waals surface area contributed by atoms with E-state index in [4.69, 9.17) is 28.1 Å². The molecule has 0 unspecified atom stereocenters. The standard InChI is InChI=1S/C54H76O7Si/c1-8-9-10-11-12-13-16-21-28-42(2)48-35-36-51(59-48)52-38-37-50(60-52)49(57-41-56-7)34-27-18-15-14-17-22-29-45(40-44-39-43(3)58-53(44)55)61-62(54(4,5)6,46-30-23-19-24-31-46)47-32-25-20-26-33-47/h14-15,19-20,23-26,30-33,39,42-43,45,48-52H,8-13,17,22,28-29,34-38,40-41H2,1-7H3/b15-14+/t42-,43+,45-,48-,49-,50-,51-,52-/m1/s1. The Morgan fingerprint density at radius 1 is 0.839 bits per heavy atom. The van der Waals surface area contributed by atoms with Gasteiger partial charge in [-0.05, 0) is 91.8 Å². The molecule has 0 aromatic heterocycles. The Bertz CT molecular complexity index is 1770. The molecular weight excluding hydrogens is 789 g/mol. The molecule has 7 nitrogen and oxygen atoms in total. The zero-order valence-corrected chi connectivity index (χ0v) is 40.0. The van der Waals surface area contributed by atoms with Crippen LogP contribution in [-0.4, -0.2) is 70.9 Å². The van der Waals surface area contributed by atoms with Crippen molar-refractivity contribution in [3.8, 4) is 23.7 Å². The Morgan fingerprint density at radius 3 is 2.13 bits per heavy atom. The van der Waals surface area contributed by atoms with Crippen LogP contribution in [0.5, 0.6) is 0 Å². The molecule has 0 saturated carbocycles. The van der Waals surface area contributed by atoms with Gasteiger partial charge in [-0.25, -0.2) is 4.79 Å². The van der Waals surface area contributed by atoms with E-state index in [1.807, 2.05) is 19.1 Å². The molecule has 0 amide bonds. The third-order valence-corrected chi connectivity index (χ3v) is 17.8. The first kappa shape index (κ1) is 49.5. The van der Waals surface area contributed by atoms with Crippen LogP contribution in [0.2, 0.25) is 5.04 Å². The van der Waals surface area contributed by atoms with Crippen LogP contribution in [-0.2, 0) is 32.9 Å².